The Morgan fingerprint density at radius 3 is 1.30 bits per heavy atom. The van der Waals surface area contributed by atoms with E-state index in [0.717, 1.165) is 51.4 Å². The number of hydrogen-bond donors (Lipinski definition) is 0. The van der Waals surface area contributed by atoms with Crippen LogP contribution in [-0.4, -0.2) is 9.52 Å². The molecule has 0 N–H and O–H groups in total. The Morgan fingerprint density at radius 2 is 0.886 bits per heavy atom. The van der Waals surface area contributed by atoms with Crippen LogP contribution in [0, 0.1) is 0 Å². The van der Waals surface area contributed by atoms with Crippen LogP contribution in [0.25, 0.3) is 45.5 Å². The molecule has 6 aromatic carbocycles. The van der Waals surface area contributed by atoms with Gasteiger partial charge < -0.3 is 0 Å². The zero-order valence-corrected chi connectivity index (χ0v) is 49.9. The maximum atomic E-state index is 9.66. The van der Waals surface area contributed by atoms with Crippen molar-refractivity contribution in [2.24, 2.45) is 0 Å². The second-order valence-corrected chi connectivity index (χ2v) is 45.2. The zero-order valence-electron chi connectivity index (χ0n) is 44.6. The van der Waals surface area contributed by atoms with Gasteiger partial charge in [0.25, 0.3) is 0 Å². The Kier molecular flexibility index (Phi) is 15.0. The second kappa shape index (κ2) is 20.4. The van der Waals surface area contributed by atoms with Crippen LogP contribution >= 0.6 is 17.0 Å². The molecular formula is C66H79Cl2SiZr. The van der Waals surface area contributed by atoms with E-state index in [1.54, 1.807) is 0 Å². The van der Waals surface area contributed by atoms with Crippen LogP contribution in [0.4, 0.5) is 0 Å². The first kappa shape index (κ1) is 51.4. The molecule has 0 spiro atoms. The van der Waals surface area contributed by atoms with Gasteiger partial charge in [0.15, 0.2) is 0 Å². The topological polar surface area (TPSA) is 0 Å². The number of allylic oxidation sites excluding steroid dienone is 2. The van der Waals surface area contributed by atoms with Crippen molar-refractivity contribution in [1.29, 1.82) is 0 Å². The zero-order chi connectivity index (χ0) is 49.8. The van der Waals surface area contributed by atoms with E-state index in [9.17, 15) is 17.0 Å². The molecule has 0 radical (unpaired) electrons. The third kappa shape index (κ3) is 8.84. The molecule has 4 heteroatoms. The Labute approximate surface area is 433 Å². The van der Waals surface area contributed by atoms with Gasteiger partial charge in [0.2, 0.25) is 0 Å². The summed E-state index contributed by atoms with van der Waals surface area (Å²) in [5.74, 6) is 1.70. The van der Waals surface area contributed by atoms with Gasteiger partial charge >= 0.3 is 437 Å². The van der Waals surface area contributed by atoms with E-state index in [4.69, 9.17) is 0 Å². The summed E-state index contributed by atoms with van der Waals surface area (Å²) in [6, 6.07) is 41.3. The first-order valence-corrected chi connectivity index (χ1v) is 39.2. The van der Waals surface area contributed by atoms with Gasteiger partial charge in [0, 0.05) is 0 Å². The number of hydrogen-bond acceptors (Lipinski definition) is 0. The van der Waals surface area contributed by atoms with E-state index in [1.165, 1.54) is 114 Å². The predicted octanol–water partition coefficient (Wildman–Crippen LogP) is 18.0. The molecule has 1 heterocycles. The van der Waals surface area contributed by atoms with Crippen LogP contribution in [0.5, 0.6) is 0 Å². The summed E-state index contributed by atoms with van der Waals surface area (Å²) in [4.78, 5) is 0. The van der Waals surface area contributed by atoms with Crippen molar-refractivity contribution in [1.82, 2.24) is 0 Å². The molecule has 2 aliphatic carbocycles. The fourth-order valence-electron chi connectivity index (χ4n) is 13.1. The van der Waals surface area contributed by atoms with Crippen LogP contribution in [0.1, 0.15) is 208 Å². The summed E-state index contributed by atoms with van der Waals surface area (Å²) in [5, 5.41) is 3.01. The van der Waals surface area contributed by atoms with E-state index < -0.39 is 25.9 Å². The molecule has 0 nitrogen and oxygen atoms in total. The van der Waals surface area contributed by atoms with Crippen molar-refractivity contribution < 1.29 is 16.4 Å². The van der Waals surface area contributed by atoms with Crippen LogP contribution in [0.2, 0.25) is 0 Å². The van der Waals surface area contributed by atoms with Gasteiger partial charge in [-0.2, -0.15) is 0 Å². The average molecular weight is 1060 g/mol. The number of rotatable bonds is 17. The molecule has 365 valence electrons. The van der Waals surface area contributed by atoms with Gasteiger partial charge in [-0.1, -0.05) is 0 Å². The van der Waals surface area contributed by atoms with E-state index in [2.05, 4.69) is 198 Å². The molecule has 2 unspecified atom stereocenters. The number of aryl methyl sites for hydroxylation is 2. The molecule has 0 saturated heterocycles. The van der Waals surface area contributed by atoms with E-state index in [-0.39, 0.29) is 7.25 Å². The van der Waals surface area contributed by atoms with Gasteiger partial charge in [-0.25, -0.2) is 0 Å². The number of benzene rings is 6. The maximum absolute atomic E-state index is 9.66. The predicted molar refractivity (Wildman–Crippen MR) is 310 cm³/mol. The second-order valence-electron chi connectivity index (χ2n) is 22.7. The number of halogens is 2. The van der Waals surface area contributed by atoms with Crippen molar-refractivity contribution >= 4 is 52.3 Å². The monoisotopic (exact) mass is 1060 g/mol. The molecule has 0 bridgehead atoms. The SMILES string of the molecule is CCCC1=Cc2c(ccc(CCC)c2-c2cc(C(C)C)cc(C(C)C)c2)[CH]1[Zr]([Cl])([Cl])([c]1cccc2c1[SiH2]c1ccccc1-2)[CH]1C(CCC)=Cc2c1ccc(CCC)c2-c1cc(C(C)C)cc(C(C)C)c1. The fourth-order valence-corrected chi connectivity index (χ4v) is 41.1. The standard InChI is InChI=1S/2C27H35.C12H9Si.2ClH.Zr/c2*1-7-9-20-13-22-12-11-21(10-8-2)27(26(22)14-20)25-16-23(18(3)4)15-24(17-25)19(5)6;1-3-7-11-9(5-1)10-6-2-4-8-12(10)13-11;;;/h2*11-19H,7-10H2,1-6H3;1-7H,13H2;2*1H;/q;;;;;+2/p-2. The molecule has 0 fully saturated rings. The van der Waals surface area contributed by atoms with Crippen molar-refractivity contribution in [3.05, 3.63) is 170 Å². The van der Waals surface area contributed by atoms with E-state index in [0.29, 0.717) is 23.7 Å². The normalized spacial score (nSPS) is 17.0. The van der Waals surface area contributed by atoms with Gasteiger partial charge in [0.05, 0.1) is 0 Å². The number of fused-ring (bicyclic) bond motifs is 5. The molecule has 70 heavy (non-hydrogen) atoms. The third-order valence-electron chi connectivity index (χ3n) is 16.5. The summed E-state index contributed by atoms with van der Waals surface area (Å²) in [6.45, 7) is 28.1. The van der Waals surface area contributed by atoms with Crippen LogP contribution < -0.4 is 13.6 Å². The Bertz CT molecular complexity index is 2830. The molecule has 6 aromatic rings. The van der Waals surface area contributed by atoms with Crippen molar-refractivity contribution in [2.45, 2.75) is 165 Å². The third-order valence-corrected chi connectivity index (χ3v) is 39.3. The van der Waals surface area contributed by atoms with Gasteiger partial charge in [-0.15, -0.1) is 0 Å². The first-order valence-electron chi connectivity index (χ1n) is 27.3. The van der Waals surface area contributed by atoms with E-state index in [1.807, 2.05) is 0 Å². The summed E-state index contributed by atoms with van der Waals surface area (Å²) in [7, 11) is 18.4. The van der Waals surface area contributed by atoms with Crippen LogP contribution in [0.15, 0.2) is 114 Å². The van der Waals surface area contributed by atoms with Crippen molar-refractivity contribution in [3.8, 4) is 33.4 Å². The summed E-state index contributed by atoms with van der Waals surface area (Å²) in [6.07, 6.45) is 13.5. The van der Waals surface area contributed by atoms with Crippen LogP contribution in [-0.2, 0) is 29.2 Å². The van der Waals surface area contributed by atoms with Crippen molar-refractivity contribution in [3.63, 3.8) is 0 Å². The summed E-state index contributed by atoms with van der Waals surface area (Å²) >= 11 is -5.77. The molecule has 2 atom stereocenters. The molecule has 9 rings (SSSR count). The average Bonchev–Trinajstić information content (AvgIpc) is 4.03. The minimum atomic E-state index is -5.77. The quantitative estimate of drug-likeness (QED) is 0.0798. The molecule has 3 aliphatic rings. The minimum absolute atomic E-state index is 0.0944. The van der Waals surface area contributed by atoms with Crippen LogP contribution in [0.3, 0.4) is 0 Å². The van der Waals surface area contributed by atoms with E-state index >= 15 is 0 Å². The molecule has 0 saturated carbocycles. The van der Waals surface area contributed by atoms with Gasteiger partial charge in [0.1, 0.15) is 0 Å². The Hall–Kier alpha value is -3.52. The molecule has 0 amide bonds. The molecule has 1 aliphatic heterocycles. The first-order chi connectivity index (χ1) is 33.5. The summed E-state index contributed by atoms with van der Waals surface area (Å²) in [5.41, 5.74) is 25.1. The molecule has 0 aromatic heterocycles. The Balaban J connectivity index is 1.40. The van der Waals surface area contributed by atoms with Gasteiger partial charge in [-0.3, -0.25) is 0 Å². The fraction of sp³-hybridized carbons (Fsp3) is 0.394. The molecular weight excluding hydrogens is 983 g/mol. The van der Waals surface area contributed by atoms with Gasteiger partial charge in [-0.05, 0) is 0 Å². The Morgan fingerprint density at radius 1 is 0.471 bits per heavy atom. The van der Waals surface area contributed by atoms with Crippen molar-refractivity contribution in [2.75, 3.05) is 0 Å². The summed E-state index contributed by atoms with van der Waals surface area (Å²) < 4.78 is 1.14.